The third-order valence-electron chi connectivity index (χ3n) is 4.49. The molecular formula is C19H19FN4O3. The number of fused-ring (bicyclic) bond motifs is 1. The summed E-state index contributed by atoms with van der Waals surface area (Å²) in [5.41, 5.74) is 0.774. The van der Waals surface area contributed by atoms with Gasteiger partial charge < -0.3 is 10.1 Å². The van der Waals surface area contributed by atoms with Gasteiger partial charge in [-0.25, -0.2) is 14.2 Å². The van der Waals surface area contributed by atoms with Gasteiger partial charge in [-0.2, -0.15) is 5.10 Å². The van der Waals surface area contributed by atoms with Gasteiger partial charge in [-0.3, -0.25) is 9.48 Å². The molecule has 0 fully saturated rings. The maximum absolute atomic E-state index is 14.1. The second-order valence-electron chi connectivity index (χ2n) is 6.15. The van der Waals surface area contributed by atoms with Gasteiger partial charge in [0.1, 0.15) is 23.9 Å². The zero-order chi connectivity index (χ0) is 19.7. The number of nitrogens with one attached hydrogen (secondary N) is 1. The number of halogens is 1. The second kappa shape index (κ2) is 7.14. The van der Waals surface area contributed by atoms with Gasteiger partial charge in [0.2, 0.25) is 0 Å². The van der Waals surface area contributed by atoms with Crippen molar-refractivity contribution in [1.82, 2.24) is 14.8 Å². The molecule has 2 atom stereocenters. The van der Waals surface area contributed by atoms with E-state index in [0.717, 1.165) is 6.07 Å². The molecule has 0 saturated heterocycles. The minimum absolute atomic E-state index is 0.0702. The van der Waals surface area contributed by atoms with E-state index in [9.17, 15) is 14.0 Å². The van der Waals surface area contributed by atoms with Gasteiger partial charge in [-0.05, 0) is 24.6 Å². The Bertz CT molecular complexity index is 964. The Labute approximate surface area is 155 Å². The monoisotopic (exact) mass is 370 g/mol. The quantitative estimate of drug-likeness (QED) is 0.658. The first-order valence-electron chi connectivity index (χ1n) is 8.27. The van der Waals surface area contributed by atoms with Crippen LogP contribution in [-0.4, -0.2) is 39.7 Å². The highest BCUT2D eigenvalue weighted by Gasteiger charge is 2.42. The normalized spacial score (nSPS) is 18.9. The van der Waals surface area contributed by atoms with Crippen LogP contribution >= 0.6 is 0 Å². The minimum atomic E-state index is -0.789. The van der Waals surface area contributed by atoms with Crippen molar-refractivity contribution in [2.45, 2.75) is 18.9 Å². The van der Waals surface area contributed by atoms with Gasteiger partial charge in [0.05, 0.1) is 24.3 Å². The summed E-state index contributed by atoms with van der Waals surface area (Å²) in [4.78, 5) is 29.8. The molecule has 0 aliphatic carbocycles. The number of ketones is 1. The van der Waals surface area contributed by atoms with Crippen LogP contribution in [0, 0.1) is 5.82 Å². The molecule has 1 aromatic carbocycles. The number of esters is 1. The Morgan fingerprint density at radius 2 is 2.19 bits per heavy atom. The molecular weight excluding hydrogens is 351 g/mol. The van der Waals surface area contributed by atoms with E-state index >= 15 is 0 Å². The number of carbonyl (C=O) groups excluding carboxylic acids is 2. The highest BCUT2D eigenvalue weighted by Crippen LogP contribution is 2.38. The first-order chi connectivity index (χ1) is 12.9. The third-order valence-corrected chi connectivity index (χ3v) is 4.49. The Morgan fingerprint density at radius 1 is 1.44 bits per heavy atom. The van der Waals surface area contributed by atoms with Crippen LogP contribution in [0.2, 0.25) is 0 Å². The summed E-state index contributed by atoms with van der Waals surface area (Å²) in [6.07, 6.45) is 4.91. The average Bonchev–Trinajstić information content (AvgIpc) is 3.05. The van der Waals surface area contributed by atoms with Crippen LogP contribution in [-0.2, 0) is 11.8 Å². The Kier molecular flexibility index (Phi) is 4.89. The summed E-state index contributed by atoms with van der Waals surface area (Å²) < 4.78 is 20.3. The molecule has 2 heterocycles. The molecule has 0 radical (unpaired) electrons. The van der Waals surface area contributed by atoms with Crippen molar-refractivity contribution in [3.63, 3.8) is 0 Å². The van der Waals surface area contributed by atoms with Crippen molar-refractivity contribution in [1.29, 1.82) is 0 Å². The summed E-state index contributed by atoms with van der Waals surface area (Å²) in [6, 6.07) is 1.61. The Hall–Kier alpha value is -3.29. The van der Waals surface area contributed by atoms with Crippen LogP contribution in [0.4, 0.5) is 10.1 Å². The fraction of sp³-hybridized carbons (Fsp3) is 0.263. The van der Waals surface area contributed by atoms with Gasteiger partial charge in [0.25, 0.3) is 0 Å². The van der Waals surface area contributed by atoms with Crippen molar-refractivity contribution in [2.75, 3.05) is 12.4 Å². The van der Waals surface area contributed by atoms with Crippen molar-refractivity contribution < 1.29 is 18.7 Å². The zero-order valence-corrected chi connectivity index (χ0v) is 15.2. The highest BCUT2D eigenvalue weighted by atomic mass is 19.1. The number of ether oxygens (including phenoxy) is 1. The summed E-state index contributed by atoms with van der Waals surface area (Å²) in [6.45, 7) is 5.85. The van der Waals surface area contributed by atoms with E-state index in [0.29, 0.717) is 11.4 Å². The SMILES string of the molecule is C=C(C=CC)C1Nc2cc(F)cc(C(=O)OC)c2C(=O)C1c1ncnn1C. The lowest BCUT2D eigenvalue weighted by Crippen LogP contribution is -2.41. The maximum atomic E-state index is 14.1. The van der Waals surface area contributed by atoms with Crippen LogP contribution < -0.4 is 5.32 Å². The number of methoxy groups -OCH3 is 1. The summed E-state index contributed by atoms with van der Waals surface area (Å²) in [5.74, 6) is -2.20. The van der Waals surface area contributed by atoms with E-state index in [2.05, 4.69) is 22.0 Å². The van der Waals surface area contributed by atoms with Gasteiger partial charge in [-0.15, -0.1) is 0 Å². The number of allylic oxidation sites excluding steroid dienone is 1. The molecule has 3 rings (SSSR count). The Balaban J connectivity index is 2.23. The standard InChI is InChI=1S/C19H19FN4O3/c1-5-6-10(2)16-15(18-21-9-22-24(18)3)17(25)14-12(19(26)27-4)7-11(20)8-13(14)23-16/h5-9,15-16,23H,2H2,1,3-4H3. The third kappa shape index (κ3) is 3.14. The van der Waals surface area contributed by atoms with Gasteiger partial charge in [-0.1, -0.05) is 18.7 Å². The number of rotatable bonds is 4. The number of Topliss-reactive ketones (excluding diaryl/α,β-unsaturated/α-hetero) is 1. The number of hydrogen-bond acceptors (Lipinski definition) is 6. The molecule has 1 N–H and O–H groups in total. The first kappa shape index (κ1) is 18.5. The fourth-order valence-electron chi connectivity index (χ4n) is 3.29. The number of hydrogen-bond donors (Lipinski definition) is 1. The molecule has 0 bridgehead atoms. The van der Waals surface area contributed by atoms with Crippen LogP contribution in [0.1, 0.15) is 39.4 Å². The van der Waals surface area contributed by atoms with Crippen molar-refractivity contribution in [3.05, 3.63) is 65.5 Å². The number of nitrogens with zero attached hydrogens (tertiary/aromatic N) is 3. The van der Waals surface area contributed by atoms with Crippen molar-refractivity contribution in [3.8, 4) is 0 Å². The number of benzene rings is 1. The second-order valence-corrected chi connectivity index (χ2v) is 6.15. The number of carbonyl (C=O) groups is 2. The van der Waals surface area contributed by atoms with Crippen LogP contribution in [0.3, 0.4) is 0 Å². The summed E-state index contributed by atoms with van der Waals surface area (Å²) in [5, 5.41) is 7.17. The predicted octanol–water partition coefficient (Wildman–Crippen LogP) is 2.63. The molecule has 1 aliphatic rings. The molecule has 7 nitrogen and oxygen atoms in total. The van der Waals surface area contributed by atoms with E-state index in [4.69, 9.17) is 4.74 Å². The van der Waals surface area contributed by atoms with Crippen molar-refractivity contribution >= 4 is 17.4 Å². The molecule has 0 spiro atoms. The van der Waals surface area contributed by atoms with E-state index in [1.165, 1.54) is 24.2 Å². The zero-order valence-electron chi connectivity index (χ0n) is 15.2. The smallest absolute Gasteiger partial charge is 0.338 e. The number of anilines is 1. The largest absolute Gasteiger partial charge is 0.465 e. The maximum Gasteiger partial charge on any atom is 0.338 e. The van der Waals surface area contributed by atoms with E-state index in [1.54, 1.807) is 19.2 Å². The van der Waals surface area contributed by atoms with Gasteiger partial charge >= 0.3 is 5.97 Å². The highest BCUT2D eigenvalue weighted by molar-refractivity contribution is 6.14. The fourth-order valence-corrected chi connectivity index (χ4v) is 3.29. The van der Waals surface area contributed by atoms with E-state index in [-0.39, 0.29) is 22.6 Å². The van der Waals surface area contributed by atoms with Crippen molar-refractivity contribution in [2.24, 2.45) is 7.05 Å². The lowest BCUT2D eigenvalue weighted by molar-refractivity contribution is 0.0595. The molecule has 1 aromatic heterocycles. The van der Waals surface area contributed by atoms with Gasteiger partial charge in [0, 0.05) is 12.7 Å². The number of aryl methyl sites for hydroxylation is 1. The molecule has 2 unspecified atom stereocenters. The minimum Gasteiger partial charge on any atom is -0.465 e. The van der Waals surface area contributed by atoms with Crippen LogP contribution in [0.15, 0.2) is 42.8 Å². The number of aromatic nitrogens is 3. The molecule has 8 heteroatoms. The van der Waals surface area contributed by atoms with E-state index in [1.807, 2.05) is 6.92 Å². The molecule has 27 heavy (non-hydrogen) atoms. The first-order valence-corrected chi connectivity index (χ1v) is 8.27. The molecule has 2 aromatic rings. The topological polar surface area (TPSA) is 86.1 Å². The molecule has 140 valence electrons. The van der Waals surface area contributed by atoms with E-state index < -0.39 is 23.7 Å². The summed E-state index contributed by atoms with van der Waals surface area (Å²) >= 11 is 0. The Morgan fingerprint density at radius 3 is 2.78 bits per heavy atom. The van der Waals surface area contributed by atoms with Crippen LogP contribution in [0.25, 0.3) is 0 Å². The molecule has 1 aliphatic heterocycles. The van der Waals surface area contributed by atoms with Crippen LogP contribution in [0.5, 0.6) is 0 Å². The predicted molar refractivity (Wildman–Crippen MR) is 97.2 cm³/mol. The average molecular weight is 370 g/mol. The van der Waals surface area contributed by atoms with Gasteiger partial charge in [0.15, 0.2) is 5.78 Å². The molecule has 0 saturated carbocycles. The lowest BCUT2D eigenvalue weighted by Gasteiger charge is -2.34. The molecule has 0 amide bonds. The lowest BCUT2D eigenvalue weighted by atomic mass is 9.80. The summed E-state index contributed by atoms with van der Waals surface area (Å²) in [7, 11) is 2.85.